The van der Waals surface area contributed by atoms with Crippen LogP contribution < -0.4 is 0 Å². The highest BCUT2D eigenvalue weighted by Crippen LogP contribution is 2.39. The number of imidazole rings is 1. The molecule has 1 aromatic carbocycles. The predicted molar refractivity (Wildman–Crippen MR) is 94.6 cm³/mol. The highest BCUT2D eigenvalue weighted by Gasteiger charge is 2.25. The van der Waals surface area contributed by atoms with E-state index in [1.54, 1.807) is 12.5 Å². The van der Waals surface area contributed by atoms with Crippen LogP contribution in [0.15, 0.2) is 49.1 Å². The lowest BCUT2D eigenvalue weighted by Crippen LogP contribution is -2.11. The summed E-state index contributed by atoms with van der Waals surface area (Å²) in [7, 11) is 0. The highest BCUT2D eigenvalue weighted by atomic mass is 35.5. The van der Waals surface area contributed by atoms with Crippen LogP contribution in [0.3, 0.4) is 0 Å². The Kier molecular flexibility index (Phi) is 4.90. The fraction of sp³-hybridized carbons (Fsp3) is 0.176. The summed E-state index contributed by atoms with van der Waals surface area (Å²) >= 11 is 18.4. The zero-order valence-electron chi connectivity index (χ0n) is 12.3. The molecular weight excluding hydrogens is 353 g/mol. The molecule has 0 aliphatic rings. The van der Waals surface area contributed by atoms with E-state index in [1.807, 2.05) is 36.5 Å². The van der Waals surface area contributed by atoms with Crippen LogP contribution in [0.25, 0.3) is 0 Å². The lowest BCUT2D eigenvalue weighted by atomic mass is 9.80. The van der Waals surface area contributed by atoms with Crippen molar-refractivity contribution in [2.75, 3.05) is 0 Å². The van der Waals surface area contributed by atoms with Gasteiger partial charge in [-0.1, -0.05) is 47.8 Å². The molecule has 0 spiro atoms. The Morgan fingerprint density at radius 1 is 1.00 bits per heavy atom. The first-order valence-electron chi connectivity index (χ1n) is 7.11. The van der Waals surface area contributed by atoms with Gasteiger partial charge in [-0.3, -0.25) is 0 Å². The molecule has 0 amide bonds. The van der Waals surface area contributed by atoms with Gasteiger partial charge in [-0.25, -0.2) is 9.97 Å². The lowest BCUT2D eigenvalue weighted by molar-refractivity contribution is 0.642. The zero-order valence-corrected chi connectivity index (χ0v) is 14.6. The van der Waals surface area contributed by atoms with Gasteiger partial charge in [-0.2, -0.15) is 0 Å². The van der Waals surface area contributed by atoms with Crippen molar-refractivity contribution in [1.82, 2.24) is 15.0 Å². The molecule has 2 atom stereocenters. The molecule has 3 aromatic rings. The number of nitrogens with zero attached hydrogens (tertiary/aromatic N) is 2. The maximum absolute atomic E-state index is 6.22. The van der Waals surface area contributed by atoms with E-state index in [0.29, 0.717) is 15.2 Å². The second-order valence-corrected chi connectivity index (χ2v) is 6.56. The minimum absolute atomic E-state index is 0.0470. The highest BCUT2D eigenvalue weighted by molar-refractivity contribution is 6.42. The minimum Gasteiger partial charge on any atom is -0.348 e. The summed E-state index contributed by atoms with van der Waals surface area (Å²) < 4.78 is 0. The van der Waals surface area contributed by atoms with Gasteiger partial charge >= 0.3 is 0 Å². The molecule has 2 aromatic heterocycles. The lowest BCUT2D eigenvalue weighted by Gasteiger charge is -2.24. The molecule has 2 unspecified atom stereocenters. The van der Waals surface area contributed by atoms with Gasteiger partial charge in [0.05, 0.1) is 16.4 Å². The first-order chi connectivity index (χ1) is 11.1. The number of halogens is 3. The minimum atomic E-state index is 0.0470. The Bertz CT molecular complexity index is 803. The standard InChI is InChI=1S/C17H14Cl3N3/c1-10(15-8-21-9-23-15)17(12-4-5-22-16(20)7-12)11-2-3-13(18)14(19)6-11/h2-10,17H,1H3,(H,21,23). The Balaban J connectivity index is 2.11. The molecule has 1 N–H and O–H groups in total. The molecule has 23 heavy (non-hydrogen) atoms. The Labute approximate surface area is 149 Å². The van der Waals surface area contributed by atoms with Crippen LogP contribution >= 0.6 is 34.8 Å². The van der Waals surface area contributed by atoms with Crippen LogP contribution in [-0.2, 0) is 0 Å². The number of aromatic nitrogens is 3. The molecule has 0 aliphatic heterocycles. The van der Waals surface area contributed by atoms with Crippen molar-refractivity contribution in [3.8, 4) is 0 Å². The third-order valence-corrected chi connectivity index (χ3v) is 4.87. The van der Waals surface area contributed by atoms with E-state index >= 15 is 0 Å². The molecule has 118 valence electrons. The van der Waals surface area contributed by atoms with Crippen molar-refractivity contribution in [3.63, 3.8) is 0 Å². The van der Waals surface area contributed by atoms with Gasteiger partial charge in [0.15, 0.2) is 0 Å². The number of benzene rings is 1. The number of H-pyrrole nitrogens is 1. The number of rotatable bonds is 4. The van der Waals surface area contributed by atoms with Crippen molar-refractivity contribution in [3.05, 3.63) is 81.1 Å². The van der Waals surface area contributed by atoms with E-state index in [-0.39, 0.29) is 11.8 Å². The molecule has 3 rings (SSSR count). The van der Waals surface area contributed by atoms with E-state index in [4.69, 9.17) is 34.8 Å². The number of hydrogen-bond donors (Lipinski definition) is 1. The van der Waals surface area contributed by atoms with Gasteiger partial charge in [0.1, 0.15) is 5.15 Å². The van der Waals surface area contributed by atoms with Crippen LogP contribution in [0.2, 0.25) is 15.2 Å². The summed E-state index contributed by atoms with van der Waals surface area (Å²) in [5.41, 5.74) is 3.16. The maximum Gasteiger partial charge on any atom is 0.129 e. The van der Waals surface area contributed by atoms with Crippen LogP contribution in [0, 0.1) is 0 Å². The Hall–Kier alpha value is -1.55. The first kappa shape index (κ1) is 16.3. The number of nitrogens with one attached hydrogen (secondary N) is 1. The zero-order chi connectivity index (χ0) is 16.4. The quantitative estimate of drug-likeness (QED) is 0.602. The van der Waals surface area contributed by atoms with Gasteiger partial charge in [0, 0.05) is 29.9 Å². The Morgan fingerprint density at radius 2 is 1.78 bits per heavy atom. The van der Waals surface area contributed by atoms with E-state index in [2.05, 4.69) is 21.9 Å². The van der Waals surface area contributed by atoms with Crippen LogP contribution in [-0.4, -0.2) is 15.0 Å². The molecule has 0 saturated carbocycles. The van der Waals surface area contributed by atoms with Crippen LogP contribution in [0.4, 0.5) is 0 Å². The third kappa shape index (κ3) is 3.52. The summed E-state index contributed by atoms with van der Waals surface area (Å²) in [5, 5.41) is 1.53. The molecule has 0 bridgehead atoms. The topological polar surface area (TPSA) is 41.6 Å². The normalized spacial score (nSPS) is 13.7. The van der Waals surface area contributed by atoms with E-state index < -0.39 is 0 Å². The maximum atomic E-state index is 6.22. The molecular formula is C17H14Cl3N3. The fourth-order valence-corrected chi connectivity index (χ4v) is 3.27. The molecule has 0 fully saturated rings. The summed E-state index contributed by atoms with van der Waals surface area (Å²) in [6.07, 6.45) is 5.22. The summed E-state index contributed by atoms with van der Waals surface area (Å²) in [4.78, 5) is 11.4. The van der Waals surface area contributed by atoms with Crippen molar-refractivity contribution >= 4 is 34.8 Å². The molecule has 0 saturated heterocycles. The van der Waals surface area contributed by atoms with Crippen molar-refractivity contribution in [1.29, 1.82) is 0 Å². The monoisotopic (exact) mass is 365 g/mol. The molecule has 0 aliphatic carbocycles. The Morgan fingerprint density at radius 3 is 2.43 bits per heavy atom. The SMILES string of the molecule is CC(c1cnc[nH]1)C(c1ccnc(Cl)c1)c1ccc(Cl)c(Cl)c1. The molecule has 2 heterocycles. The van der Waals surface area contributed by atoms with E-state index in [1.165, 1.54) is 0 Å². The second kappa shape index (κ2) is 6.91. The number of aromatic amines is 1. The molecule has 0 radical (unpaired) electrons. The van der Waals surface area contributed by atoms with Crippen LogP contribution in [0.1, 0.15) is 35.6 Å². The van der Waals surface area contributed by atoms with Crippen molar-refractivity contribution in [2.24, 2.45) is 0 Å². The van der Waals surface area contributed by atoms with E-state index in [0.717, 1.165) is 16.8 Å². The van der Waals surface area contributed by atoms with Crippen molar-refractivity contribution in [2.45, 2.75) is 18.8 Å². The van der Waals surface area contributed by atoms with Gasteiger partial charge in [0.25, 0.3) is 0 Å². The van der Waals surface area contributed by atoms with Crippen LogP contribution in [0.5, 0.6) is 0 Å². The summed E-state index contributed by atoms with van der Waals surface area (Å²) in [5.74, 6) is 0.193. The average molecular weight is 367 g/mol. The van der Waals surface area contributed by atoms with Gasteiger partial charge in [-0.15, -0.1) is 0 Å². The fourth-order valence-electron chi connectivity index (χ4n) is 2.78. The predicted octanol–water partition coefficient (Wildman–Crippen LogP) is 5.70. The average Bonchev–Trinajstić information content (AvgIpc) is 3.05. The summed E-state index contributed by atoms with van der Waals surface area (Å²) in [6.45, 7) is 2.13. The number of hydrogen-bond acceptors (Lipinski definition) is 2. The molecule has 3 nitrogen and oxygen atoms in total. The van der Waals surface area contributed by atoms with Gasteiger partial charge < -0.3 is 4.98 Å². The molecule has 6 heteroatoms. The third-order valence-electron chi connectivity index (χ3n) is 3.92. The first-order valence-corrected chi connectivity index (χ1v) is 8.24. The van der Waals surface area contributed by atoms with E-state index in [9.17, 15) is 0 Å². The van der Waals surface area contributed by atoms with Crippen molar-refractivity contribution < 1.29 is 0 Å². The summed E-state index contributed by atoms with van der Waals surface area (Å²) in [6, 6.07) is 9.54. The largest absolute Gasteiger partial charge is 0.348 e. The van der Waals surface area contributed by atoms with Gasteiger partial charge in [-0.05, 0) is 35.4 Å². The second-order valence-electron chi connectivity index (χ2n) is 5.36. The number of pyridine rings is 1. The smallest absolute Gasteiger partial charge is 0.129 e. The van der Waals surface area contributed by atoms with Gasteiger partial charge in [0.2, 0.25) is 0 Å².